The summed E-state index contributed by atoms with van der Waals surface area (Å²) >= 11 is 1.85. The molecule has 0 aliphatic heterocycles. The van der Waals surface area contributed by atoms with Crippen LogP contribution in [0.2, 0.25) is 0 Å². The summed E-state index contributed by atoms with van der Waals surface area (Å²) in [5.41, 5.74) is 6.19. The highest BCUT2D eigenvalue weighted by molar-refractivity contribution is 7.09. The molecule has 2 atom stereocenters. The Morgan fingerprint density at radius 2 is 2.25 bits per heavy atom. The maximum absolute atomic E-state index is 6.19. The van der Waals surface area contributed by atoms with Gasteiger partial charge in [-0.05, 0) is 37.8 Å². The number of likely N-dealkylation sites (N-methyl/N-ethyl adjacent to an activating group) is 1. The first-order valence-corrected chi connectivity index (χ1v) is 7.13. The number of thiophene rings is 1. The molecule has 1 heterocycles. The van der Waals surface area contributed by atoms with Crippen molar-refractivity contribution in [3.05, 3.63) is 22.4 Å². The Morgan fingerprint density at radius 1 is 1.44 bits per heavy atom. The van der Waals surface area contributed by atoms with Crippen LogP contribution in [0.15, 0.2) is 17.5 Å². The maximum Gasteiger partial charge on any atom is 0.0244 e. The van der Waals surface area contributed by atoms with Gasteiger partial charge in [0, 0.05) is 23.5 Å². The molecule has 0 saturated heterocycles. The molecule has 1 aliphatic carbocycles. The van der Waals surface area contributed by atoms with Gasteiger partial charge in [-0.15, -0.1) is 11.3 Å². The van der Waals surface area contributed by atoms with Gasteiger partial charge in [-0.3, -0.25) is 0 Å². The quantitative estimate of drug-likeness (QED) is 0.873. The zero-order chi connectivity index (χ0) is 11.4. The van der Waals surface area contributed by atoms with E-state index in [1.165, 1.54) is 30.6 Å². The molecule has 3 heteroatoms. The third kappa shape index (κ3) is 3.06. The molecule has 2 unspecified atom stereocenters. The van der Waals surface area contributed by atoms with Crippen LogP contribution >= 0.6 is 11.3 Å². The summed E-state index contributed by atoms with van der Waals surface area (Å²) in [5.74, 6) is 0. The molecule has 90 valence electrons. The molecule has 0 amide bonds. The average Bonchev–Trinajstić information content (AvgIpc) is 2.79. The Balaban J connectivity index is 1.80. The normalized spacial score (nSPS) is 26.2. The highest BCUT2D eigenvalue weighted by atomic mass is 32.1. The Bertz CT molecular complexity index is 297. The monoisotopic (exact) mass is 238 g/mol. The van der Waals surface area contributed by atoms with Gasteiger partial charge >= 0.3 is 0 Å². The molecular weight excluding hydrogens is 216 g/mol. The molecule has 2 N–H and O–H groups in total. The van der Waals surface area contributed by atoms with Gasteiger partial charge in [0.05, 0.1) is 0 Å². The summed E-state index contributed by atoms with van der Waals surface area (Å²) < 4.78 is 0. The summed E-state index contributed by atoms with van der Waals surface area (Å²) in [6.07, 6.45) is 6.31. The van der Waals surface area contributed by atoms with Gasteiger partial charge in [-0.25, -0.2) is 0 Å². The number of rotatable bonds is 4. The van der Waals surface area contributed by atoms with E-state index >= 15 is 0 Å². The first-order valence-electron chi connectivity index (χ1n) is 6.25. The zero-order valence-electron chi connectivity index (χ0n) is 10.1. The van der Waals surface area contributed by atoms with Crippen molar-refractivity contribution in [3.8, 4) is 0 Å². The van der Waals surface area contributed by atoms with Crippen molar-refractivity contribution in [1.82, 2.24) is 4.90 Å². The SMILES string of the molecule is CN(CCc1cccs1)C1CCCCC1N. The molecule has 16 heavy (non-hydrogen) atoms. The van der Waals surface area contributed by atoms with E-state index in [0.29, 0.717) is 12.1 Å². The molecule has 1 aliphatic rings. The average molecular weight is 238 g/mol. The number of nitrogens with two attached hydrogens (primary N) is 1. The first-order chi connectivity index (χ1) is 7.77. The summed E-state index contributed by atoms with van der Waals surface area (Å²) in [4.78, 5) is 3.94. The fraction of sp³-hybridized carbons (Fsp3) is 0.692. The van der Waals surface area contributed by atoms with Crippen molar-refractivity contribution < 1.29 is 0 Å². The Hall–Kier alpha value is -0.380. The molecule has 1 fully saturated rings. The van der Waals surface area contributed by atoms with Crippen molar-refractivity contribution in [2.24, 2.45) is 5.73 Å². The van der Waals surface area contributed by atoms with Crippen LogP contribution in [0, 0.1) is 0 Å². The van der Waals surface area contributed by atoms with Crippen molar-refractivity contribution in [2.45, 2.75) is 44.2 Å². The molecule has 0 spiro atoms. The fourth-order valence-electron chi connectivity index (χ4n) is 2.59. The zero-order valence-corrected chi connectivity index (χ0v) is 10.9. The molecule has 2 rings (SSSR count). The molecule has 2 nitrogen and oxygen atoms in total. The van der Waals surface area contributed by atoms with Crippen molar-refractivity contribution in [3.63, 3.8) is 0 Å². The third-order valence-corrected chi connectivity index (χ3v) is 4.57. The minimum Gasteiger partial charge on any atom is -0.326 e. The third-order valence-electron chi connectivity index (χ3n) is 3.64. The van der Waals surface area contributed by atoms with Crippen molar-refractivity contribution in [1.29, 1.82) is 0 Å². The largest absolute Gasteiger partial charge is 0.326 e. The van der Waals surface area contributed by atoms with E-state index in [9.17, 15) is 0 Å². The van der Waals surface area contributed by atoms with Crippen LogP contribution in [0.1, 0.15) is 30.6 Å². The van der Waals surface area contributed by atoms with E-state index < -0.39 is 0 Å². The van der Waals surface area contributed by atoms with Crippen LogP contribution in [-0.2, 0) is 6.42 Å². The van der Waals surface area contributed by atoms with Crippen LogP contribution in [0.25, 0.3) is 0 Å². The van der Waals surface area contributed by atoms with Crippen LogP contribution in [-0.4, -0.2) is 30.6 Å². The lowest BCUT2D eigenvalue weighted by Gasteiger charge is -2.36. The van der Waals surface area contributed by atoms with Gasteiger partial charge < -0.3 is 10.6 Å². The second-order valence-electron chi connectivity index (χ2n) is 4.83. The maximum atomic E-state index is 6.19. The van der Waals surface area contributed by atoms with E-state index in [2.05, 4.69) is 29.5 Å². The van der Waals surface area contributed by atoms with Crippen LogP contribution in [0.4, 0.5) is 0 Å². The number of hydrogen-bond acceptors (Lipinski definition) is 3. The van der Waals surface area contributed by atoms with Crippen molar-refractivity contribution >= 4 is 11.3 Å². The Morgan fingerprint density at radius 3 is 2.94 bits per heavy atom. The molecule has 1 saturated carbocycles. The Kier molecular flexibility index (Phi) is 4.38. The summed E-state index contributed by atoms with van der Waals surface area (Å²) in [5, 5.41) is 2.15. The van der Waals surface area contributed by atoms with E-state index in [-0.39, 0.29) is 0 Å². The van der Waals surface area contributed by atoms with Gasteiger partial charge in [0.15, 0.2) is 0 Å². The second kappa shape index (κ2) is 5.80. The molecule has 0 aromatic carbocycles. The smallest absolute Gasteiger partial charge is 0.0244 e. The highest BCUT2D eigenvalue weighted by Gasteiger charge is 2.24. The lowest BCUT2D eigenvalue weighted by Crippen LogP contribution is -2.48. The Labute approximate surface area is 102 Å². The second-order valence-corrected chi connectivity index (χ2v) is 5.86. The lowest BCUT2D eigenvalue weighted by atomic mass is 9.90. The van der Waals surface area contributed by atoms with Gasteiger partial charge in [-0.2, -0.15) is 0 Å². The minimum atomic E-state index is 0.391. The van der Waals surface area contributed by atoms with E-state index in [4.69, 9.17) is 5.73 Å². The van der Waals surface area contributed by atoms with Crippen LogP contribution in [0.5, 0.6) is 0 Å². The summed E-state index contributed by atoms with van der Waals surface area (Å²) in [6.45, 7) is 1.14. The van der Waals surface area contributed by atoms with E-state index in [1.807, 2.05) is 11.3 Å². The number of nitrogens with zero attached hydrogens (tertiary/aromatic N) is 1. The van der Waals surface area contributed by atoms with Crippen LogP contribution in [0.3, 0.4) is 0 Å². The van der Waals surface area contributed by atoms with Gasteiger partial charge in [-0.1, -0.05) is 18.9 Å². The first kappa shape index (κ1) is 12.1. The molecular formula is C13H22N2S. The van der Waals surface area contributed by atoms with Gasteiger partial charge in [0.1, 0.15) is 0 Å². The predicted octanol–water partition coefficient (Wildman–Crippen LogP) is 2.49. The van der Waals surface area contributed by atoms with Crippen LogP contribution < -0.4 is 5.73 Å². The molecule has 1 aromatic rings. The standard InChI is InChI=1S/C13H22N2S/c1-15(9-8-11-5-4-10-16-11)13-7-3-2-6-12(13)14/h4-5,10,12-13H,2-3,6-9,14H2,1H3. The highest BCUT2D eigenvalue weighted by Crippen LogP contribution is 2.21. The van der Waals surface area contributed by atoms with Gasteiger partial charge in [0.25, 0.3) is 0 Å². The summed E-state index contributed by atoms with van der Waals surface area (Å²) in [7, 11) is 2.23. The number of hydrogen-bond donors (Lipinski definition) is 1. The molecule has 0 bridgehead atoms. The van der Waals surface area contributed by atoms with Crippen molar-refractivity contribution in [2.75, 3.05) is 13.6 Å². The molecule has 0 radical (unpaired) electrons. The summed E-state index contributed by atoms with van der Waals surface area (Å²) in [6, 6.07) is 5.35. The topological polar surface area (TPSA) is 29.3 Å². The predicted molar refractivity (Wildman–Crippen MR) is 70.9 cm³/mol. The van der Waals surface area contributed by atoms with E-state index in [1.54, 1.807) is 0 Å². The van der Waals surface area contributed by atoms with E-state index in [0.717, 1.165) is 13.0 Å². The fourth-order valence-corrected chi connectivity index (χ4v) is 3.29. The molecule has 1 aromatic heterocycles. The minimum absolute atomic E-state index is 0.391. The van der Waals surface area contributed by atoms with Gasteiger partial charge in [0.2, 0.25) is 0 Å². The lowest BCUT2D eigenvalue weighted by molar-refractivity contribution is 0.171.